The molecular weight excluding hydrogens is 752 g/mol. The summed E-state index contributed by atoms with van der Waals surface area (Å²) in [5.41, 5.74) is 0. The van der Waals surface area contributed by atoms with Crippen molar-refractivity contribution < 1.29 is 19.4 Å². The van der Waals surface area contributed by atoms with Crippen LogP contribution in [0.2, 0.25) is 0 Å². The molecule has 0 aromatic rings. The van der Waals surface area contributed by atoms with Crippen molar-refractivity contribution in [2.75, 3.05) is 10.7 Å². The van der Waals surface area contributed by atoms with E-state index in [0.717, 1.165) is 49.2 Å². The standard InChI is InChI=1S/2C22H41BrO2/c1-2-3-4-5-6-7-9-12-15-21(20-17-18-20)25-22(24)16-13-10-8-11-14-19-23;1-2-3-4-5-6-7-8-11-14-20(19-16-17-19)21(22(24)25)15-12-9-10-13-18-23/h20-21H,2-19H2,1H3;19-21H,2-18H2,1H3,(H,24,25). The van der Waals surface area contributed by atoms with Crippen molar-refractivity contribution >= 4 is 43.8 Å². The number of unbranched alkanes of at least 4 members (excludes halogenated alkanes) is 21. The number of aliphatic carboxylic acids is 1. The van der Waals surface area contributed by atoms with E-state index >= 15 is 0 Å². The minimum absolute atomic E-state index is 0.0527. The number of carbonyl (C=O) groups is 2. The number of carbonyl (C=O) groups excluding carboxylic acids is 1. The molecule has 296 valence electrons. The van der Waals surface area contributed by atoms with Gasteiger partial charge in [0.05, 0.1) is 5.92 Å². The normalized spacial score (nSPS) is 16.0. The molecule has 0 bridgehead atoms. The Morgan fingerprint density at radius 3 is 1.38 bits per heavy atom. The molecule has 0 radical (unpaired) electrons. The van der Waals surface area contributed by atoms with Crippen molar-refractivity contribution in [2.45, 2.75) is 232 Å². The Balaban J connectivity index is 0.000000500. The van der Waals surface area contributed by atoms with E-state index < -0.39 is 5.97 Å². The highest BCUT2D eigenvalue weighted by Crippen LogP contribution is 2.45. The summed E-state index contributed by atoms with van der Waals surface area (Å²) in [6, 6.07) is 0. The van der Waals surface area contributed by atoms with E-state index in [1.54, 1.807) is 0 Å². The van der Waals surface area contributed by atoms with Crippen LogP contribution in [0.3, 0.4) is 0 Å². The van der Waals surface area contributed by atoms with Crippen LogP contribution in [0.5, 0.6) is 0 Å². The van der Waals surface area contributed by atoms with E-state index in [1.807, 2.05) is 0 Å². The highest BCUT2D eigenvalue weighted by Gasteiger charge is 2.39. The lowest BCUT2D eigenvalue weighted by atomic mass is 9.80. The molecule has 0 aromatic heterocycles. The van der Waals surface area contributed by atoms with E-state index in [0.29, 0.717) is 24.2 Å². The first-order valence-corrected chi connectivity index (χ1v) is 24.3. The third-order valence-electron chi connectivity index (χ3n) is 11.1. The van der Waals surface area contributed by atoms with E-state index in [1.165, 1.54) is 167 Å². The van der Waals surface area contributed by atoms with Gasteiger partial charge in [0, 0.05) is 17.1 Å². The number of halogens is 2. The lowest BCUT2D eigenvalue weighted by Gasteiger charge is -2.24. The summed E-state index contributed by atoms with van der Waals surface area (Å²) in [5.74, 6) is 1.28. The number of hydrogen-bond donors (Lipinski definition) is 1. The number of alkyl halides is 2. The smallest absolute Gasteiger partial charge is 0.306 e. The molecule has 2 aliphatic carbocycles. The van der Waals surface area contributed by atoms with Crippen molar-refractivity contribution in [3.05, 3.63) is 0 Å². The van der Waals surface area contributed by atoms with Crippen molar-refractivity contribution in [1.82, 2.24) is 0 Å². The summed E-state index contributed by atoms with van der Waals surface area (Å²) in [6.07, 6.45) is 41.1. The minimum Gasteiger partial charge on any atom is -0.481 e. The largest absolute Gasteiger partial charge is 0.481 e. The molecule has 50 heavy (non-hydrogen) atoms. The van der Waals surface area contributed by atoms with Gasteiger partial charge in [-0.15, -0.1) is 0 Å². The molecule has 0 aliphatic heterocycles. The van der Waals surface area contributed by atoms with Crippen molar-refractivity contribution in [1.29, 1.82) is 0 Å². The predicted octanol–water partition coefficient (Wildman–Crippen LogP) is 15.2. The molecule has 3 atom stereocenters. The molecule has 0 saturated heterocycles. The van der Waals surface area contributed by atoms with Gasteiger partial charge < -0.3 is 9.84 Å². The molecule has 1 N–H and O–H groups in total. The summed E-state index contributed by atoms with van der Waals surface area (Å²) in [5, 5.41) is 11.9. The van der Waals surface area contributed by atoms with Crippen LogP contribution >= 0.6 is 31.9 Å². The van der Waals surface area contributed by atoms with Gasteiger partial charge in [-0.1, -0.05) is 181 Å². The predicted molar refractivity (Wildman–Crippen MR) is 223 cm³/mol. The molecule has 2 fully saturated rings. The zero-order chi connectivity index (χ0) is 36.5. The average molecular weight is 835 g/mol. The van der Waals surface area contributed by atoms with Gasteiger partial charge in [0.1, 0.15) is 6.10 Å². The van der Waals surface area contributed by atoms with Gasteiger partial charge in [0.2, 0.25) is 0 Å². The molecule has 2 saturated carbocycles. The summed E-state index contributed by atoms with van der Waals surface area (Å²) >= 11 is 6.93. The van der Waals surface area contributed by atoms with Crippen LogP contribution in [0.4, 0.5) is 0 Å². The summed E-state index contributed by atoms with van der Waals surface area (Å²) < 4.78 is 5.82. The maximum absolute atomic E-state index is 12.1. The Kier molecular flexibility index (Phi) is 33.2. The highest BCUT2D eigenvalue weighted by atomic mass is 79.9. The first kappa shape index (κ1) is 47.9. The van der Waals surface area contributed by atoms with Crippen LogP contribution in [-0.4, -0.2) is 33.8 Å². The fraction of sp³-hybridized carbons (Fsp3) is 0.955. The quantitative estimate of drug-likeness (QED) is 0.0388. The Morgan fingerprint density at radius 2 is 0.940 bits per heavy atom. The second-order valence-corrected chi connectivity index (χ2v) is 17.5. The van der Waals surface area contributed by atoms with Gasteiger partial charge in [-0.25, -0.2) is 0 Å². The number of hydrogen-bond acceptors (Lipinski definition) is 3. The molecule has 0 aromatic carbocycles. The van der Waals surface area contributed by atoms with E-state index in [2.05, 4.69) is 45.7 Å². The second kappa shape index (κ2) is 34.7. The van der Waals surface area contributed by atoms with Gasteiger partial charge in [0.15, 0.2) is 0 Å². The average Bonchev–Trinajstić information content (AvgIpc) is 4.03. The van der Waals surface area contributed by atoms with E-state index in [4.69, 9.17) is 4.74 Å². The molecular formula is C44H82Br2O4. The maximum atomic E-state index is 12.1. The Hall–Kier alpha value is -0.100. The fourth-order valence-electron chi connectivity index (χ4n) is 7.60. The molecule has 2 rings (SSSR count). The summed E-state index contributed by atoms with van der Waals surface area (Å²) in [6.45, 7) is 4.53. The van der Waals surface area contributed by atoms with Crippen LogP contribution in [0.1, 0.15) is 226 Å². The Morgan fingerprint density at radius 1 is 0.540 bits per heavy atom. The minimum atomic E-state index is -0.531. The van der Waals surface area contributed by atoms with E-state index in [-0.39, 0.29) is 18.0 Å². The summed E-state index contributed by atoms with van der Waals surface area (Å²) in [7, 11) is 0. The third-order valence-corrected chi connectivity index (χ3v) is 12.3. The maximum Gasteiger partial charge on any atom is 0.306 e. The molecule has 4 nitrogen and oxygen atoms in total. The monoisotopic (exact) mass is 832 g/mol. The van der Waals surface area contributed by atoms with Crippen molar-refractivity contribution in [2.24, 2.45) is 23.7 Å². The van der Waals surface area contributed by atoms with Gasteiger partial charge in [-0.2, -0.15) is 0 Å². The van der Waals surface area contributed by atoms with Gasteiger partial charge >= 0.3 is 11.9 Å². The molecule has 6 heteroatoms. The Bertz CT molecular complexity index is 767. The number of carboxylic acids is 1. The topological polar surface area (TPSA) is 63.6 Å². The Labute approximate surface area is 327 Å². The highest BCUT2D eigenvalue weighted by molar-refractivity contribution is 9.09. The zero-order valence-corrected chi connectivity index (χ0v) is 36.2. The summed E-state index contributed by atoms with van der Waals surface area (Å²) in [4.78, 5) is 23.9. The zero-order valence-electron chi connectivity index (χ0n) is 33.1. The third kappa shape index (κ3) is 28.4. The number of rotatable bonds is 36. The second-order valence-electron chi connectivity index (χ2n) is 15.9. The first-order valence-electron chi connectivity index (χ1n) is 22.0. The van der Waals surface area contributed by atoms with Crippen LogP contribution in [0, 0.1) is 23.7 Å². The SMILES string of the molecule is CCCCCCCCCCC(C1CC1)C(CCCCCCBr)C(=O)O.CCCCCCCCCCC(OC(=O)CCCCCCCBr)C1CC1. The van der Waals surface area contributed by atoms with Crippen molar-refractivity contribution in [3.63, 3.8) is 0 Å². The van der Waals surface area contributed by atoms with Gasteiger partial charge in [0.25, 0.3) is 0 Å². The number of ether oxygens (including phenoxy) is 1. The van der Waals surface area contributed by atoms with Crippen LogP contribution < -0.4 is 0 Å². The lowest BCUT2D eigenvalue weighted by Crippen LogP contribution is -2.25. The number of carboxylic acid groups (broad SMARTS) is 1. The fourth-order valence-corrected chi connectivity index (χ4v) is 8.39. The van der Waals surface area contributed by atoms with Gasteiger partial charge in [-0.05, 0) is 88.4 Å². The molecule has 0 amide bonds. The molecule has 3 unspecified atom stereocenters. The van der Waals surface area contributed by atoms with E-state index in [9.17, 15) is 14.7 Å². The van der Waals surface area contributed by atoms with Crippen LogP contribution in [0.15, 0.2) is 0 Å². The lowest BCUT2D eigenvalue weighted by molar-refractivity contribution is -0.150. The van der Waals surface area contributed by atoms with Crippen LogP contribution in [-0.2, 0) is 14.3 Å². The first-order chi connectivity index (χ1) is 24.5. The number of esters is 1. The molecule has 2 aliphatic rings. The van der Waals surface area contributed by atoms with Crippen LogP contribution in [0.25, 0.3) is 0 Å². The molecule has 0 heterocycles. The molecule has 0 spiro atoms. The van der Waals surface area contributed by atoms with Gasteiger partial charge in [-0.3, -0.25) is 9.59 Å². The van der Waals surface area contributed by atoms with Crippen molar-refractivity contribution in [3.8, 4) is 0 Å².